The first-order valence-electron chi connectivity index (χ1n) is 7.45. The quantitative estimate of drug-likeness (QED) is 0.832. The lowest BCUT2D eigenvalue weighted by Gasteiger charge is -2.44. The Morgan fingerprint density at radius 2 is 2.21 bits per heavy atom. The van der Waals surface area contributed by atoms with Gasteiger partial charge < -0.3 is 20.1 Å². The van der Waals surface area contributed by atoms with Crippen LogP contribution in [0.15, 0.2) is 4.99 Å². The molecule has 2 heterocycles. The van der Waals surface area contributed by atoms with Crippen molar-refractivity contribution in [3.63, 3.8) is 0 Å². The Labute approximate surface area is 115 Å². The highest BCUT2D eigenvalue weighted by molar-refractivity contribution is 5.81. The maximum atomic E-state index is 6.12. The number of rotatable bonds is 3. The number of nitrogens with two attached hydrogens (primary N) is 1. The normalized spacial score (nSPS) is 39.0. The van der Waals surface area contributed by atoms with Crippen molar-refractivity contribution >= 4 is 5.96 Å². The molecule has 19 heavy (non-hydrogen) atoms. The van der Waals surface area contributed by atoms with Gasteiger partial charge in [-0.1, -0.05) is 0 Å². The predicted molar refractivity (Wildman–Crippen MR) is 74.2 cm³/mol. The molecule has 0 radical (unpaired) electrons. The van der Waals surface area contributed by atoms with Crippen molar-refractivity contribution in [3.8, 4) is 0 Å². The van der Waals surface area contributed by atoms with Crippen molar-refractivity contribution in [2.45, 2.75) is 56.3 Å². The molecule has 3 aliphatic rings. The SMILES string of the molecule is COC1CCC2(CC1)CN=C(N)N2CC1CCCO1. The van der Waals surface area contributed by atoms with Crippen molar-refractivity contribution in [3.05, 3.63) is 0 Å². The highest BCUT2D eigenvalue weighted by Gasteiger charge is 2.45. The summed E-state index contributed by atoms with van der Waals surface area (Å²) < 4.78 is 11.2. The molecule has 108 valence electrons. The van der Waals surface area contributed by atoms with E-state index < -0.39 is 0 Å². The largest absolute Gasteiger partial charge is 0.381 e. The first-order chi connectivity index (χ1) is 9.23. The summed E-state index contributed by atoms with van der Waals surface area (Å²) in [7, 11) is 1.81. The zero-order valence-electron chi connectivity index (χ0n) is 11.8. The molecule has 5 nitrogen and oxygen atoms in total. The number of nitrogens with zero attached hydrogens (tertiary/aromatic N) is 2. The highest BCUT2D eigenvalue weighted by atomic mass is 16.5. The number of ether oxygens (including phenoxy) is 2. The molecule has 1 saturated carbocycles. The molecule has 1 aliphatic carbocycles. The van der Waals surface area contributed by atoms with Gasteiger partial charge in [0.2, 0.25) is 0 Å². The fourth-order valence-electron chi connectivity index (χ4n) is 3.71. The minimum Gasteiger partial charge on any atom is -0.381 e. The average Bonchev–Trinajstić information content (AvgIpc) is 3.04. The molecule has 1 saturated heterocycles. The van der Waals surface area contributed by atoms with E-state index in [1.54, 1.807) is 0 Å². The third kappa shape index (κ3) is 2.46. The number of hydrogen-bond acceptors (Lipinski definition) is 5. The Bertz CT molecular complexity index is 345. The van der Waals surface area contributed by atoms with Crippen LogP contribution in [0.2, 0.25) is 0 Å². The van der Waals surface area contributed by atoms with E-state index in [2.05, 4.69) is 9.89 Å². The van der Waals surface area contributed by atoms with Crippen LogP contribution in [0.4, 0.5) is 0 Å². The Balaban J connectivity index is 1.67. The minimum atomic E-state index is 0.144. The van der Waals surface area contributed by atoms with Crippen LogP contribution >= 0.6 is 0 Å². The third-order valence-electron chi connectivity index (χ3n) is 4.99. The van der Waals surface area contributed by atoms with E-state index in [0.717, 1.165) is 51.8 Å². The van der Waals surface area contributed by atoms with Crippen molar-refractivity contribution in [2.75, 3.05) is 26.8 Å². The van der Waals surface area contributed by atoms with Crippen LogP contribution in [0, 0.1) is 0 Å². The lowest BCUT2D eigenvalue weighted by Crippen LogP contribution is -2.56. The van der Waals surface area contributed by atoms with Crippen LogP contribution in [0.1, 0.15) is 38.5 Å². The predicted octanol–water partition coefficient (Wildman–Crippen LogP) is 1.12. The van der Waals surface area contributed by atoms with Gasteiger partial charge in [0, 0.05) is 20.3 Å². The molecule has 0 aromatic rings. The molecule has 2 N–H and O–H groups in total. The molecular weight excluding hydrogens is 242 g/mol. The Hall–Kier alpha value is -0.810. The lowest BCUT2D eigenvalue weighted by molar-refractivity contribution is 0.00736. The van der Waals surface area contributed by atoms with Crippen molar-refractivity contribution < 1.29 is 9.47 Å². The second-order valence-electron chi connectivity index (χ2n) is 6.08. The van der Waals surface area contributed by atoms with Gasteiger partial charge in [-0.15, -0.1) is 0 Å². The molecule has 3 rings (SSSR count). The zero-order chi connectivity index (χ0) is 13.3. The van der Waals surface area contributed by atoms with Gasteiger partial charge in [0.1, 0.15) is 0 Å². The van der Waals surface area contributed by atoms with Crippen LogP contribution in [-0.2, 0) is 9.47 Å². The van der Waals surface area contributed by atoms with E-state index in [-0.39, 0.29) is 5.54 Å². The van der Waals surface area contributed by atoms with E-state index in [4.69, 9.17) is 15.2 Å². The molecular formula is C14H25N3O2. The van der Waals surface area contributed by atoms with E-state index in [0.29, 0.717) is 18.2 Å². The van der Waals surface area contributed by atoms with Crippen molar-refractivity contribution in [1.82, 2.24) is 4.90 Å². The molecule has 0 amide bonds. The number of methoxy groups -OCH3 is 1. The summed E-state index contributed by atoms with van der Waals surface area (Å²) >= 11 is 0. The van der Waals surface area contributed by atoms with Crippen LogP contribution in [-0.4, -0.2) is 55.4 Å². The summed E-state index contributed by atoms with van der Waals surface area (Å²) in [5.41, 5.74) is 6.26. The van der Waals surface area contributed by atoms with Crippen LogP contribution < -0.4 is 5.73 Å². The molecule has 2 aliphatic heterocycles. The van der Waals surface area contributed by atoms with Gasteiger partial charge >= 0.3 is 0 Å². The monoisotopic (exact) mass is 267 g/mol. The molecule has 1 unspecified atom stereocenters. The average molecular weight is 267 g/mol. The molecule has 5 heteroatoms. The first-order valence-corrected chi connectivity index (χ1v) is 7.45. The zero-order valence-corrected chi connectivity index (χ0v) is 11.8. The number of hydrogen-bond donors (Lipinski definition) is 1. The standard InChI is InChI=1S/C14H25N3O2/c1-18-11-4-6-14(7-5-11)10-16-13(15)17(14)9-12-3-2-8-19-12/h11-12H,2-10H2,1H3,(H2,15,16). The summed E-state index contributed by atoms with van der Waals surface area (Å²) in [5.74, 6) is 0.714. The second kappa shape index (κ2) is 5.29. The fraction of sp³-hybridized carbons (Fsp3) is 0.929. The number of guanidine groups is 1. The summed E-state index contributed by atoms with van der Waals surface area (Å²) in [5, 5.41) is 0. The first kappa shape index (κ1) is 13.2. The molecule has 1 atom stereocenters. The summed E-state index contributed by atoms with van der Waals surface area (Å²) in [6, 6.07) is 0. The van der Waals surface area contributed by atoms with E-state index in [1.807, 2.05) is 7.11 Å². The number of aliphatic imine (C=N–C) groups is 1. The van der Waals surface area contributed by atoms with Crippen LogP contribution in [0.25, 0.3) is 0 Å². The van der Waals surface area contributed by atoms with Crippen LogP contribution in [0.3, 0.4) is 0 Å². The topological polar surface area (TPSA) is 60.1 Å². The molecule has 0 aromatic carbocycles. The van der Waals surface area contributed by atoms with Crippen molar-refractivity contribution in [2.24, 2.45) is 10.7 Å². The van der Waals surface area contributed by atoms with Gasteiger partial charge in [0.15, 0.2) is 5.96 Å². The van der Waals surface area contributed by atoms with Gasteiger partial charge in [0.25, 0.3) is 0 Å². The Morgan fingerprint density at radius 3 is 2.84 bits per heavy atom. The summed E-state index contributed by atoms with van der Waals surface area (Å²) in [6.45, 7) is 2.66. The summed E-state index contributed by atoms with van der Waals surface area (Å²) in [4.78, 5) is 6.84. The van der Waals surface area contributed by atoms with Gasteiger partial charge in [-0.25, -0.2) is 0 Å². The minimum absolute atomic E-state index is 0.144. The van der Waals surface area contributed by atoms with Gasteiger partial charge in [-0.2, -0.15) is 0 Å². The third-order valence-corrected chi connectivity index (χ3v) is 4.99. The Kier molecular flexibility index (Phi) is 3.67. The molecule has 2 fully saturated rings. The van der Waals surface area contributed by atoms with Crippen molar-refractivity contribution in [1.29, 1.82) is 0 Å². The van der Waals surface area contributed by atoms with Gasteiger partial charge in [-0.3, -0.25) is 4.99 Å². The fourth-order valence-corrected chi connectivity index (χ4v) is 3.71. The van der Waals surface area contributed by atoms with Gasteiger partial charge in [0.05, 0.1) is 24.3 Å². The highest BCUT2D eigenvalue weighted by Crippen LogP contribution is 2.38. The van der Waals surface area contributed by atoms with E-state index in [1.165, 1.54) is 6.42 Å². The maximum Gasteiger partial charge on any atom is 0.191 e. The summed E-state index contributed by atoms with van der Waals surface area (Å²) in [6.07, 6.45) is 7.56. The molecule has 0 bridgehead atoms. The maximum absolute atomic E-state index is 6.12. The lowest BCUT2D eigenvalue weighted by atomic mass is 9.79. The molecule has 1 spiro atoms. The Morgan fingerprint density at radius 1 is 1.42 bits per heavy atom. The van der Waals surface area contributed by atoms with E-state index >= 15 is 0 Å². The van der Waals surface area contributed by atoms with Crippen LogP contribution in [0.5, 0.6) is 0 Å². The van der Waals surface area contributed by atoms with E-state index in [9.17, 15) is 0 Å². The molecule has 0 aromatic heterocycles. The van der Waals surface area contributed by atoms with Gasteiger partial charge in [-0.05, 0) is 38.5 Å². The smallest absolute Gasteiger partial charge is 0.191 e. The second-order valence-corrected chi connectivity index (χ2v) is 6.08.